The standard InChI is InChI=1S/C21H38N4O4S/c1-30(28,29)24-19(16-6-3-2-4-7-16)21(27)25-13-5-8-18(25)20(26)23-14-15-9-11-17(22)12-10-15/h15-19,24H,2-14,22H2,1H3,(H,23,26)/t15-,17-,18-,19+/m0/s1. The molecule has 0 unspecified atom stereocenters. The summed E-state index contributed by atoms with van der Waals surface area (Å²) < 4.78 is 26.5. The van der Waals surface area contributed by atoms with Crippen LogP contribution in [0.5, 0.6) is 0 Å². The molecule has 4 N–H and O–H groups in total. The van der Waals surface area contributed by atoms with Crippen molar-refractivity contribution < 1.29 is 18.0 Å². The number of amides is 2. The van der Waals surface area contributed by atoms with Gasteiger partial charge in [-0.1, -0.05) is 19.3 Å². The maximum Gasteiger partial charge on any atom is 0.242 e. The number of likely N-dealkylation sites (tertiary alicyclic amines) is 1. The highest BCUT2D eigenvalue weighted by Gasteiger charge is 2.41. The van der Waals surface area contributed by atoms with Crippen LogP contribution < -0.4 is 15.8 Å². The van der Waals surface area contributed by atoms with Crippen LogP contribution in [-0.2, 0) is 19.6 Å². The predicted octanol–water partition coefficient (Wildman–Crippen LogP) is 1.11. The van der Waals surface area contributed by atoms with E-state index in [4.69, 9.17) is 5.73 Å². The number of hydrogen-bond acceptors (Lipinski definition) is 5. The van der Waals surface area contributed by atoms with Crippen molar-refractivity contribution >= 4 is 21.8 Å². The van der Waals surface area contributed by atoms with Gasteiger partial charge in [-0.3, -0.25) is 9.59 Å². The van der Waals surface area contributed by atoms with Gasteiger partial charge in [-0.2, -0.15) is 0 Å². The molecule has 3 fully saturated rings. The number of nitrogens with two attached hydrogens (primary N) is 1. The van der Waals surface area contributed by atoms with Gasteiger partial charge in [-0.25, -0.2) is 13.1 Å². The first-order valence-electron chi connectivity index (χ1n) is 11.6. The second kappa shape index (κ2) is 10.4. The number of nitrogens with zero attached hydrogens (tertiary/aromatic N) is 1. The average molecular weight is 443 g/mol. The topological polar surface area (TPSA) is 122 Å². The molecule has 0 radical (unpaired) electrons. The molecule has 0 bridgehead atoms. The zero-order valence-corrected chi connectivity index (χ0v) is 19.0. The lowest BCUT2D eigenvalue weighted by molar-refractivity contribution is -0.141. The van der Waals surface area contributed by atoms with E-state index in [-0.39, 0.29) is 23.8 Å². The lowest BCUT2D eigenvalue weighted by atomic mass is 9.83. The highest BCUT2D eigenvalue weighted by molar-refractivity contribution is 7.88. The van der Waals surface area contributed by atoms with E-state index < -0.39 is 22.1 Å². The fraction of sp³-hybridized carbons (Fsp3) is 0.905. The number of sulfonamides is 1. The Labute approximate surface area is 180 Å². The van der Waals surface area contributed by atoms with Crippen LogP contribution in [0.25, 0.3) is 0 Å². The Morgan fingerprint density at radius 2 is 1.67 bits per heavy atom. The lowest BCUT2D eigenvalue weighted by Crippen LogP contribution is -2.56. The maximum absolute atomic E-state index is 13.4. The van der Waals surface area contributed by atoms with E-state index in [0.29, 0.717) is 25.4 Å². The molecule has 0 aromatic rings. The zero-order valence-electron chi connectivity index (χ0n) is 18.1. The van der Waals surface area contributed by atoms with E-state index in [1.54, 1.807) is 4.90 Å². The van der Waals surface area contributed by atoms with Gasteiger partial charge < -0.3 is 16.0 Å². The van der Waals surface area contributed by atoms with Crippen LogP contribution in [0, 0.1) is 11.8 Å². The number of carbonyl (C=O) groups excluding carboxylic acids is 2. The molecule has 2 atom stereocenters. The van der Waals surface area contributed by atoms with Gasteiger partial charge in [0.1, 0.15) is 12.1 Å². The fourth-order valence-corrected chi connectivity index (χ4v) is 6.04. The van der Waals surface area contributed by atoms with E-state index >= 15 is 0 Å². The number of carbonyl (C=O) groups is 2. The minimum Gasteiger partial charge on any atom is -0.354 e. The van der Waals surface area contributed by atoms with Gasteiger partial charge in [0.2, 0.25) is 21.8 Å². The number of hydrogen-bond donors (Lipinski definition) is 3. The first-order chi connectivity index (χ1) is 14.2. The molecule has 8 nitrogen and oxygen atoms in total. The third kappa shape index (κ3) is 6.40. The van der Waals surface area contributed by atoms with Crippen molar-refractivity contribution in [1.29, 1.82) is 0 Å². The molecule has 2 amide bonds. The van der Waals surface area contributed by atoms with Crippen LogP contribution in [0.4, 0.5) is 0 Å². The zero-order chi connectivity index (χ0) is 21.7. The van der Waals surface area contributed by atoms with Gasteiger partial charge in [0.05, 0.1) is 6.26 Å². The van der Waals surface area contributed by atoms with Crippen molar-refractivity contribution in [3.63, 3.8) is 0 Å². The average Bonchev–Trinajstić information content (AvgIpc) is 3.21. The third-order valence-corrected chi connectivity index (χ3v) is 7.71. The Morgan fingerprint density at radius 1 is 1.00 bits per heavy atom. The third-order valence-electron chi connectivity index (χ3n) is 7.02. The minimum absolute atomic E-state index is 0.00302. The monoisotopic (exact) mass is 442 g/mol. The summed E-state index contributed by atoms with van der Waals surface area (Å²) in [6, 6.07) is -0.997. The molecular formula is C21H38N4O4S. The molecule has 0 aromatic carbocycles. The fourth-order valence-electron chi connectivity index (χ4n) is 5.28. The lowest BCUT2D eigenvalue weighted by Gasteiger charge is -2.34. The predicted molar refractivity (Wildman–Crippen MR) is 116 cm³/mol. The van der Waals surface area contributed by atoms with E-state index in [1.807, 2.05) is 0 Å². The first-order valence-corrected chi connectivity index (χ1v) is 13.4. The SMILES string of the molecule is CS(=O)(=O)N[C@@H](C(=O)N1CCC[C@H]1C(=O)NC[C@H]1CC[C@H](N)CC1)C1CCCCC1. The highest BCUT2D eigenvalue weighted by atomic mass is 32.2. The summed E-state index contributed by atoms with van der Waals surface area (Å²) in [4.78, 5) is 27.9. The van der Waals surface area contributed by atoms with Gasteiger partial charge in [0.25, 0.3) is 0 Å². The van der Waals surface area contributed by atoms with Gasteiger partial charge in [-0.05, 0) is 63.2 Å². The molecule has 9 heteroatoms. The van der Waals surface area contributed by atoms with Gasteiger partial charge in [-0.15, -0.1) is 0 Å². The Balaban J connectivity index is 1.62. The van der Waals surface area contributed by atoms with Crippen LogP contribution in [0.2, 0.25) is 0 Å². The second-order valence-electron chi connectivity index (χ2n) is 9.48. The van der Waals surface area contributed by atoms with E-state index in [0.717, 1.165) is 70.5 Å². The molecule has 1 heterocycles. The summed E-state index contributed by atoms with van der Waals surface area (Å²) in [6.07, 6.45) is 11.3. The number of rotatable bonds is 7. The van der Waals surface area contributed by atoms with Crippen molar-refractivity contribution in [2.24, 2.45) is 17.6 Å². The second-order valence-corrected chi connectivity index (χ2v) is 11.3. The van der Waals surface area contributed by atoms with E-state index in [9.17, 15) is 18.0 Å². The van der Waals surface area contributed by atoms with Crippen LogP contribution >= 0.6 is 0 Å². The summed E-state index contributed by atoms with van der Waals surface area (Å²) in [5.74, 6) is 0.0870. The minimum atomic E-state index is -3.52. The van der Waals surface area contributed by atoms with E-state index in [2.05, 4.69) is 10.0 Å². The number of nitrogens with one attached hydrogen (secondary N) is 2. The normalized spacial score (nSPS) is 29.5. The molecule has 3 aliphatic rings. The van der Waals surface area contributed by atoms with Crippen molar-refractivity contribution in [3.8, 4) is 0 Å². The molecule has 1 aliphatic heterocycles. The molecule has 0 aromatic heterocycles. The molecular weight excluding hydrogens is 404 g/mol. The van der Waals surface area contributed by atoms with Crippen LogP contribution in [0.3, 0.4) is 0 Å². The van der Waals surface area contributed by atoms with Gasteiger partial charge >= 0.3 is 0 Å². The quantitative estimate of drug-likeness (QED) is 0.545. The first kappa shape index (κ1) is 23.5. The summed E-state index contributed by atoms with van der Waals surface area (Å²) in [6.45, 7) is 1.13. The van der Waals surface area contributed by atoms with E-state index in [1.165, 1.54) is 0 Å². The largest absolute Gasteiger partial charge is 0.354 e. The van der Waals surface area contributed by atoms with Gasteiger partial charge in [0, 0.05) is 19.1 Å². The smallest absolute Gasteiger partial charge is 0.242 e. The van der Waals surface area contributed by atoms with Crippen molar-refractivity contribution in [1.82, 2.24) is 14.9 Å². The maximum atomic E-state index is 13.4. The molecule has 0 spiro atoms. The summed E-state index contributed by atoms with van der Waals surface area (Å²) >= 11 is 0. The molecule has 3 rings (SSSR count). The van der Waals surface area contributed by atoms with Crippen molar-refractivity contribution in [3.05, 3.63) is 0 Å². The Bertz CT molecular complexity index is 700. The molecule has 172 valence electrons. The Kier molecular flexibility index (Phi) is 8.15. The van der Waals surface area contributed by atoms with Crippen molar-refractivity contribution in [2.75, 3.05) is 19.3 Å². The van der Waals surface area contributed by atoms with Crippen LogP contribution in [0.1, 0.15) is 70.6 Å². The van der Waals surface area contributed by atoms with Gasteiger partial charge in [0.15, 0.2) is 0 Å². The summed E-state index contributed by atoms with van der Waals surface area (Å²) in [5, 5.41) is 3.05. The molecule has 30 heavy (non-hydrogen) atoms. The van der Waals surface area contributed by atoms with Crippen molar-refractivity contribution in [2.45, 2.75) is 88.8 Å². The summed E-state index contributed by atoms with van der Waals surface area (Å²) in [5.41, 5.74) is 5.96. The summed E-state index contributed by atoms with van der Waals surface area (Å²) in [7, 11) is -3.52. The molecule has 2 saturated carbocycles. The highest BCUT2D eigenvalue weighted by Crippen LogP contribution is 2.30. The Hall–Kier alpha value is -1.19. The Morgan fingerprint density at radius 3 is 2.30 bits per heavy atom. The van der Waals surface area contributed by atoms with Crippen LogP contribution in [-0.4, -0.2) is 62.6 Å². The molecule has 1 saturated heterocycles. The molecule has 2 aliphatic carbocycles. The van der Waals surface area contributed by atoms with Crippen LogP contribution in [0.15, 0.2) is 0 Å².